The Kier molecular flexibility index (Phi) is 4.70. The van der Waals surface area contributed by atoms with E-state index in [1.54, 1.807) is 11.9 Å². The molecule has 4 rings (SSSR count). The van der Waals surface area contributed by atoms with Gasteiger partial charge in [0.05, 0.1) is 12.0 Å². The van der Waals surface area contributed by atoms with E-state index in [0.29, 0.717) is 10.4 Å². The highest BCUT2D eigenvalue weighted by Crippen LogP contribution is 2.41. The standard InChI is InChI=1S/C20H26ClN3O2/c1-23-17(25)12-16(18(23)14-3-2-4-15(21)11-14)19(26)24-9-6-20(7-10-24)5-8-22-13-20/h2-4,11,16,18,22H,5-10,12-13H2,1H3. The van der Waals surface area contributed by atoms with Gasteiger partial charge in [-0.15, -0.1) is 0 Å². The van der Waals surface area contributed by atoms with Crippen LogP contribution in [-0.2, 0) is 9.59 Å². The molecule has 0 aliphatic carbocycles. The zero-order chi connectivity index (χ0) is 18.3. The second-order valence-corrected chi connectivity index (χ2v) is 8.50. The second kappa shape index (κ2) is 6.86. The third-order valence-corrected chi connectivity index (χ3v) is 6.80. The number of piperidine rings is 1. The Morgan fingerprint density at radius 1 is 1.27 bits per heavy atom. The van der Waals surface area contributed by atoms with Crippen molar-refractivity contribution in [3.63, 3.8) is 0 Å². The molecule has 0 radical (unpaired) electrons. The van der Waals surface area contributed by atoms with Crippen molar-refractivity contribution in [2.24, 2.45) is 11.3 Å². The molecule has 3 aliphatic rings. The minimum atomic E-state index is -0.318. The molecule has 0 bridgehead atoms. The van der Waals surface area contributed by atoms with E-state index >= 15 is 0 Å². The molecule has 5 nitrogen and oxygen atoms in total. The molecule has 2 atom stereocenters. The van der Waals surface area contributed by atoms with Gasteiger partial charge in [0.2, 0.25) is 11.8 Å². The fraction of sp³-hybridized carbons (Fsp3) is 0.600. The van der Waals surface area contributed by atoms with E-state index in [1.807, 2.05) is 29.2 Å². The van der Waals surface area contributed by atoms with Crippen molar-refractivity contribution >= 4 is 23.4 Å². The largest absolute Gasteiger partial charge is 0.342 e. The number of halogens is 1. The molecule has 26 heavy (non-hydrogen) atoms. The number of rotatable bonds is 2. The van der Waals surface area contributed by atoms with Gasteiger partial charge >= 0.3 is 0 Å². The first-order valence-electron chi connectivity index (χ1n) is 9.50. The quantitative estimate of drug-likeness (QED) is 0.863. The minimum absolute atomic E-state index is 0.0294. The van der Waals surface area contributed by atoms with Gasteiger partial charge in [-0.2, -0.15) is 0 Å². The highest BCUT2D eigenvalue weighted by atomic mass is 35.5. The van der Waals surface area contributed by atoms with Crippen LogP contribution in [0.25, 0.3) is 0 Å². The Morgan fingerprint density at radius 3 is 2.69 bits per heavy atom. The van der Waals surface area contributed by atoms with Crippen LogP contribution in [0.5, 0.6) is 0 Å². The average Bonchev–Trinajstić information content (AvgIpc) is 3.20. The van der Waals surface area contributed by atoms with Crippen LogP contribution in [0.1, 0.15) is 37.3 Å². The summed E-state index contributed by atoms with van der Waals surface area (Å²) in [6.07, 6.45) is 3.62. The van der Waals surface area contributed by atoms with E-state index < -0.39 is 0 Å². The number of hydrogen-bond acceptors (Lipinski definition) is 3. The number of amides is 2. The fourth-order valence-corrected chi connectivity index (χ4v) is 5.09. The van der Waals surface area contributed by atoms with Crippen LogP contribution in [0.2, 0.25) is 5.02 Å². The first kappa shape index (κ1) is 17.8. The molecular formula is C20H26ClN3O2. The third-order valence-electron chi connectivity index (χ3n) is 6.56. The van der Waals surface area contributed by atoms with Crippen LogP contribution in [-0.4, -0.2) is 54.8 Å². The molecule has 0 saturated carbocycles. The first-order chi connectivity index (χ1) is 12.5. The molecule has 3 fully saturated rings. The van der Waals surface area contributed by atoms with Crippen LogP contribution in [0.4, 0.5) is 0 Å². The maximum Gasteiger partial charge on any atom is 0.228 e. The molecule has 1 aromatic carbocycles. The topological polar surface area (TPSA) is 52.7 Å². The maximum atomic E-state index is 13.3. The number of hydrogen-bond donors (Lipinski definition) is 1. The molecule has 2 unspecified atom stereocenters. The van der Waals surface area contributed by atoms with Crippen molar-refractivity contribution in [1.29, 1.82) is 0 Å². The van der Waals surface area contributed by atoms with Gasteiger partial charge in [0.25, 0.3) is 0 Å². The van der Waals surface area contributed by atoms with Crippen LogP contribution < -0.4 is 5.32 Å². The Morgan fingerprint density at radius 2 is 2.04 bits per heavy atom. The van der Waals surface area contributed by atoms with Gasteiger partial charge in [-0.3, -0.25) is 9.59 Å². The Hall–Kier alpha value is -1.59. The zero-order valence-corrected chi connectivity index (χ0v) is 16.0. The van der Waals surface area contributed by atoms with Gasteiger partial charge in [-0.05, 0) is 48.9 Å². The highest BCUT2D eigenvalue weighted by molar-refractivity contribution is 6.30. The number of carbonyl (C=O) groups is 2. The van der Waals surface area contributed by atoms with E-state index in [9.17, 15) is 9.59 Å². The van der Waals surface area contributed by atoms with Crippen molar-refractivity contribution in [3.05, 3.63) is 34.9 Å². The molecule has 3 saturated heterocycles. The van der Waals surface area contributed by atoms with Gasteiger partial charge in [-0.25, -0.2) is 0 Å². The lowest BCUT2D eigenvalue weighted by atomic mass is 9.77. The Labute approximate surface area is 159 Å². The van der Waals surface area contributed by atoms with E-state index in [2.05, 4.69) is 5.32 Å². The molecule has 2 amide bonds. The van der Waals surface area contributed by atoms with Crippen molar-refractivity contribution in [1.82, 2.24) is 15.1 Å². The summed E-state index contributed by atoms with van der Waals surface area (Å²) in [5.41, 5.74) is 1.32. The lowest BCUT2D eigenvalue weighted by Gasteiger charge is -2.40. The van der Waals surface area contributed by atoms with Crippen LogP contribution in [0.3, 0.4) is 0 Å². The molecular weight excluding hydrogens is 350 g/mol. The van der Waals surface area contributed by atoms with Gasteiger partial charge in [0, 0.05) is 38.1 Å². The van der Waals surface area contributed by atoms with Crippen molar-refractivity contribution in [3.8, 4) is 0 Å². The number of likely N-dealkylation sites (tertiary alicyclic amines) is 2. The minimum Gasteiger partial charge on any atom is -0.342 e. The van der Waals surface area contributed by atoms with E-state index in [-0.39, 0.29) is 30.2 Å². The molecule has 1 N–H and O–H groups in total. The van der Waals surface area contributed by atoms with Crippen molar-refractivity contribution in [2.75, 3.05) is 33.2 Å². The zero-order valence-electron chi connectivity index (χ0n) is 15.2. The van der Waals surface area contributed by atoms with Crippen molar-refractivity contribution in [2.45, 2.75) is 31.7 Å². The Bertz CT molecular complexity index is 707. The summed E-state index contributed by atoms with van der Waals surface area (Å²) in [4.78, 5) is 29.3. The van der Waals surface area contributed by atoms with E-state index in [0.717, 1.165) is 44.6 Å². The average molecular weight is 376 g/mol. The smallest absolute Gasteiger partial charge is 0.228 e. The van der Waals surface area contributed by atoms with Gasteiger partial charge in [0.15, 0.2) is 0 Å². The van der Waals surface area contributed by atoms with Crippen LogP contribution >= 0.6 is 11.6 Å². The summed E-state index contributed by atoms with van der Waals surface area (Å²) in [6, 6.07) is 7.31. The van der Waals surface area contributed by atoms with E-state index in [4.69, 9.17) is 11.6 Å². The predicted molar refractivity (Wildman–Crippen MR) is 101 cm³/mol. The SMILES string of the molecule is CN1C(=O)CC(C(=O)N2CCC3(CCNC3)CC2)C1c1cccc(Cl)c1. The first-order valence-corrected chi connectivity index (χ1v) is 9.88. The maximum absolute atomic E-state index is 13.3. The number of nitrogens with one attached hydrogen (secondary N) is 1. The molecule has 3 aliphatic heterocycles. The molecule has 0 aromatic heterocycles. The number of carbonyl (C=O) groups excluding carboxylic acids is 2. The molecule has 1 aromatic rings. The van der Waals surface area contributed by atoms with Gasteiger partial charge < -0.3 is 15.1 Å². The second-order valence-electron chi connectivity index (χ2n) is 8.07. The Balaban J connectivity index is 1.51. The fourth-order valence-electron chi connectivity index (χ4n) is 4.90. The lowest BCUT2D eigenvalue weighted by Crippen LogP contribution is -2.46. The number of benzene rings is 1. The van der Waals surface area contributed by atoms with Crippen LogP contribution in [0, 0.1) is 11.3 Å². The summed E-state index contributed by atoms with van der Waals surface area (Å²) < 4.78 is 0. The summed E-state index contributed by atoms with van der Waals surface area (Å²) in [6.45, 7) is 3.77. The summed E-state index contributed by atoms with van der Waals surface area (Å²) in [5.74, 6) is -0.169. The summed E-state index contributed by atoms with van der Waals surface area (Å²) in [7, 11) is 1.79. The lowest BCUT2D eigenvalue weighted by molar-refractivity contribution is -0.138. The summed E-state index contributed by atoms with van der Waals surface area (Å²) in [5, 5.41) is 4.09. The van der Waals surface area contributed by atoms with Crippen LogP contribution in [0.15, 0.2) is 24.3 Å². The molecule has 3 heterocycles. The normalized spacial score (nSPS) is 28.2. The monoisotopic (exact) mass is 375 g/mol. The predicted octanol–water partition coefficient (Wildman–Crippen LogP) is 2.46. The van der Waals surface area contributed by atoms with Gasteiger partial charge in [-0.1, -0.05) is 23.7 Å². The number of nitrogens with zero attached hydrogens (tertiary/aromatic N) is 2. The molecule has 6 heteroatoms. The highest BCUT2D eigenvalue weighted by Gasteiger charge is 2.46. The van der Waals surface area contributed by atoms with Crippen molar-refractivity contribution < 1.29 is 9.59 Å². The molecule has 1 spiro atoms. The summed E-state index contributed by atoms with van der Waals surface area (Å²) >= 11 is 6.15. The molecule has 140 valence electrons. The van der Waals surface area contributed by atoms with E-state index in [1.165, 1.54) is 6.42 Å². The van der Waals surface area contributed by atoms with Gasteiger partial charge in [0.1, 0.15) is 0 Å². The third kappa shape index (κ3) is 3.12.